The van der Waals surface area contributed by atoms with Gasteiger partial charge in [0.25, 0.3) is 0 Å². The van der Waals surface area contributed by atoms with Crippen LogP contribution in [-0.2, 0) is 20.9 Å². The highest BCUT2D eigenvalue weighted by atomic mass is 16.6. The quantitative estimate of drug-likeness (QED) is 0.330. The number of aryl methyl sites for hydroxylation is 1. The number of hydrogen-bond acceptors (Lipinski definition) is 5. The van der Waals surface area contributed by atoms with E-state index in [0.717, 1.165) is 30.4 Å². The van der Waals surface area contributed by atoms with Crippen LogP contribution in [0.2, 0.25) is 0 Å². The number of aliphatic hydroxyl groups is 1. The van der Waals surface area contributed by atoms with Crippen molar-refractivity contribution in [2.24, 2.45) is 0 Å². The molecule has 0 aromatic heterocycles. The van der Waals surface area contributed by atoms with E-state index < -0.39 is 36.3 Å². The molecule has 0 aliphatic heterocycles. The van der Waals surface area contributed by atoms with Crippen molar-refractivity contribution in [1.82, 2.24) is 15.5 Å². The van der Waals surface area contributed by atoms with Crippen molar-refractivity contribution in [3.63, 3.8) is 0 Å². The zero-order valence-electron chi connectivity index (χ0n) is 23.3. The zero-order valence-corrected chi connectivity index (χ0v) is 23.3. The van der Waals surface area contributed by atoms with Crippen LogP contribution in [0.4, 0.5) is 4.79 Å². The maximum absolute atomic E-state index is 13.8. The van der Waals surface area contributed by atoms with Crippen LogP contribution in [0, 0.1) is 6.92 Å². The fourth-order valence-corrected chi connectivity index (χ4v) is 4.01. The number of carbonyl (C=O) groups excluding carboxylic acids is 3. The van der Waals surface area contributed by atoms with Gasteiger partial charge in [-0.15, -0.1) is 0 Å². The number of benzene rings is 2. The summed E-state index contributed by atoms with van der Waals surface area (Å²) in [6, 6.07) is 14.8. The maximum atomic E-state index is 13.8. The lowest BCUT2D eigenvalue weighted by Gasteiger charge is -2.34. The van der Waals surface area contributed by atoms with Gasteiger partial charge in [-0.25, -0.2) is 4.79 Å². The van der Waals surface area contributed by atoms with Crippen LogP contribution in [0.25, 0.3) is 0 Å². The van der Waals surface area contributed by atoms with E-state index in [4.69, 9.17) is 4.74 Å². The number of alkyl carbamates (subject to hydrolysis) is 1. The Bertz CT molecular complexity index is 1020. The van der Waals surface area contributed by atoms with E-state index in [1.807, 2.05) is 61.5 Å². The number of aliphatic hydroxyl groups excluding tert-OH is 1. The van der Waals surface area contributed by atoms with Gasteiger partial charge < -0.3 is 25.4 Å². The van der Waals surface area contributed by atoms with Gasteiger partial charge in [-0.1, -0.05) is 86.3 Å². The molecule has 0 saturated carbocycles. The summed E-state index contributed by atoms with van der Waals surface area (Å²) in [7, 11) is 0. The molecule has 3 amide bonds. The van der Waals surface area contributed by atoms with Gasteiger partial charge in [0.2, 0.25) is 11.8 Å². The number of rotatable bonds is 13. The Morgan fingerprint density at radius 3 is 2.21 bits per heavy atom. The second kappa shape index (κ2) is 15.1. The smallest absolute Gasteiger partial charge is 0.408 e. The predicted octanol–water partition coefficient (Wildman–Crippen LogP) is 4.65. The molecule has 208 valence electrons. The van der Waals surface area contributed by atoms with Crippen molar-refractivity contribution in [2.75, 3.05) is 13.2 Å². The molecule has 0 aliphatic carbocycles. The fraction of sp³-hybridized carbons (Fsp3) is 0.500. The number of unbranched alkanes of at least 4 members (excludes halogenated alkanes) is 3. The van der Waals surface area contributed by atoms with Crippen molar-refractivity contribution >= 4 is 17.9 Å². The van der Waals surface area contributed by atoms with Crippen molar-refractivity contribution in [2.45, 2.75) is 84.5 Å². The molecule has 0 spiro atoms. The monoisotopic (exact) mass is 525 g/mol. The molecule has 3 N–H and O–H groups in total. The van der Waals surface area contributed by atoms with Crippen molar-refractivity contribution in [3.8, 4) is 0 Å². The van der Waals surface area contributed by atoms with Crippen LogP contribution in [0.1, 0.15) is 76.1 Å². The van der Waals surface area contributed by atoms with Crippen LogP contribution < -0.4 is 10.6 Å². The van der Waals surface area contributed by atoms with Crippen LogP contribution in [0.3, 0.4) is 0 Å². The van der Waals surface area contributed by atoms with Gasteiger partial charge in [-0.05, 0) is 45.2 Å². The number of hydrogen-bond donors (Lipinski definition) is 3. The Hall–Kier alpha value is -3.39. The molecule has 0 saturated heterocycles. The molecule has 2 atom stereocenters. The maximum Gasteiger partial charge on any atom is 0.408 e. The molecule has 0 radical (unpaired) electrons. The topological polar surface area (TPSA) is 108 Å². The summed E-state index contributed by atoms with van der Waals surface area (Å²) >= 11 is 0. The minimum atomic E-state index is -1.26. The third-order valence-electron chi connectivity index (χ3n) is 5.97. The summed E-state index contributed by atoms with van der Waals surface area (Å²) in [5.41, 5.74) is 1.84. The lowest BCUT2D eigenvalue weighted by molar-refractivity contribution is -0.143. The van der Waals surface area contributed by atoms with E-state index in [1.165, 1.54) is 4.90 Å². The molecule has 0 fully saturated rings. The summed E-state index contributed by atoms with van der Waals surface area (Å²) in [5.74, 6) is -0.884. The fourth-order valence-electron chi connectivity index (χ4n) is 4.01. The summed E-state index contributed by atoms with van der Waals surface area (Å²) in [4.78, 5) is 41.4. The van der Waals surface area contributed by atoms with Crippen LogP contribution >= 0.6 is 0 Å². The molecule has 0 bridgehead atoms. The molecule has 2 aromatic carbocycles. The Morgan fingerprint density at radius 1 is 0.974 bits per heavy atom. The molecule has 2 aromatic rings. The van der Waals surface area contributed by atoms with E-state index >= 15 is 0 Å². The lowest BCUT2D eigenvalue weighted by Crippen LogP contribution is -2.54. The highest BCUT2D eigenvalue weighted by molar-refractivity contribution is 5.92. The average molecular weight is 526 g/mol. The molecule has 0 heterocycles. The normalized spacial score (nSPS) is 12.8. The summed E-state index contributed by atoms with van der Waals surface area (Å²) in [5, 5.41) is 15.5. The van der Waals surface area contributed by atoms with Gasteiger partial charge in [-0.3, -0.25) is 9.59 Å². The number of ether oxygens (including phenoxy) is 1. The molecule has 8 heteroatoms. The molecule has 2 unspecified atom stereocenters. The molecular weight excluding hydrogens is 482 g/mol. The molecule has 0 aliphatic rings. The lowest BCUT2D eigenvalue weighted by atomic mass is 10.0. The molecule has 2 rings (SSSR count). The van der Waals surface area contributed by atoms with E-state index in [-0.39, 0.29) is 5.91 Å². The number of carbonyl (C=O) groups is 3. The average Bonchev–Trinajstić information content (AvgIpc) is 2.87. The second-order valence-corrected chi connectivity index (χ2v) is 10.5. The van der Waals surface area contributed by atoms with Gasteiger partial charge in [0.05, 0.1) is 6.61 Å². The van der Waals surface area contributed by atoms with E-state index in [2.05, 4.69) is 17.6 Å². The van der Waals surface area contributed by atoms with Gasteiger partial charge in [0.1, 0.15) is 17.7 Å². The predicted molar refractivity (Wildman–Crippen MR) is 148 cm³/mol. The second-order valence-electron chi connectivity index (χ2n) is 10.5. The zero-order chi connectivity index (χ0) is 28.1. The van der Waals surface area contributed by atoms with E-state index in [9.17, 15) is 19.5 Å². The number of nitrogens with zero attached hydrogens (tertiary/aromatic N) is 1. The molecule has 8 nitrogen and oxygen atoms in total. The first-order chi connectivity index (χ1) is 18.1. The highest BCUT2D eigenvalue weighted by Crippen LogP contribution is 2.24. The van der Waals surface area contributed by atoms with Crippen molar-refractivity contribution in [1.29, 1.82) is 0 Å². The first-order valence-corrected chi connectivity index (χ1v) is 13.3. The van der Waals surface area contributed by atoms with E-state index in [1.54, 1.807) is 20.8 Å². The molecule has 38 heavy (non-hydrogen) atoms. The Labute approximate surface area is 226 Å². The van der Waals surface area contributed by atoms with Crippen LogP contribution in [0.15, 0.2) is 54.6 Å². The first kappa shape index (κ1) is 30.8. The van der Waals surface area contributed by atoms with Gasteiger partial charge in [0, 0.05) is 13.1 Å². The van der Waals surface area contributed by atoms with Crippen LogP contribution in [0.5, 0.6) is 0 Å². The highest BCUT2D eigenvalue weighted by Gasteiger charge is 2.35. The number of nitrogens with one attached hydrogen (secondary N) is 2. The summed E-state index contributed by atoms with van der Waals surface area (Å²) < 4.78 is 5.30. The minimum Gasteiger partial charge on any atom is -0.444 e. The standard InChI is InChI=1S/C30H43N3O5/c1-6-7-8-12-19-33(28(36)25(21-34)32-29(37)38-30(3,4)5)26(24-17-15-22(2)16-18-24)27(35)31-20-23-13-10-9-11-14-23/h9-11,13-18,25-26,34H,6-8,12,19-21H2,1-5H3,(H,31,35)(H,32,37). The first-order valence-electron chi connectivity index (χ1n) is 13.3. The number of amides is 3. The van der Waals surface area contributed by atoms with Gasteiger partial charge in [0.15, 0.2) is 0 Å². The summed E-state index contributed by atoms with van der Waals surface area (Å²) in [6.07, 6.45) is 2.77. The Morgan fingerprint density at radius 2 is 1.63 bits per heavy atom. The Kier molecular flexibility index (Phi) is 12.3. The summed E-state index contributed by atoms with van der Waals surface area (Å²) in [6.45, 7) is 9.17. The largest absolute Gasteiger partial charge is 0.444 e. The third-order valence-corrected chi connectivity index (χ3v) is 5.97. The SMILES string of the molecule is CCCCCCN(C(=O)C(CO)NC(=O)OC(C)(C)C)C(C(=O)NCc1ccccc1)c1ccc(C)cc1. The minimum absolute atomic E-state index is 0.294. The van der Waals surface area contributed by atoms with Crippen LogP contribution in [-0.4, -0.2) is 52.7 Å². The van der Waals surface area contributed by atoms with Crippen molar-refractivity contribution < 1.29 is 24.2 Å². The van der Waals surface area contributed by atoms with Gasteiger partial charge in [-0.2, -0.15) is 0 Å². The van der Waals surface area contributed by atoms with Gasteiger partial charge >= 0.3 is 6.09 Å². The third kappa shape index (κ3) is 10.2. The van der Waals surface area contributed by atoms with E-state index in [0.29, 0.717) is 25.1 Å². The van der Waals surface area contributed by atoms with Crippen molar-refractivity contribution in [3.05, 3.63) is 71.3 Å². The Balaban J connectivity index is 2.39. The molecular formula is C30H43N3O5.